The van der Waals surface area contributed by atoms with Crippen LogP contribution in [-0.2, 0) is 11.3 Å². The van der Waals surface area contributed by atoms with Crippen molar-refractivity contribution in [3.8, 4) is 5.75 Å². The third-order valence-electron chi connectivity index (χ3n) is 4.98. The average Bonchev–Trinajstić information content (AvgIpc) is 3.25. The molecule has 1 aliphatic heterocycles. The molecule has 1 fully saturated rings. The molecule has 3 rings (SSSR count). The molecule has 2 heterocycles. The van der Waals surface area contributed by atoms with Crippen molar-refractivity contribution in [3.63, 3.8) is 0 Å². The second-order valence-electron chi connectivity index (χ2n) is 6.94. The number of amides is 2. The number of benzene rings is 1. The Labute approximate surface area is 164 Å². The lowest BCUT2D eigenvalue weighted by Crippen LogP contribution is -2.40. The average molecular weight is 387 g/mol. The summed E-state index contributed by atoms with van der Waals surface area (Å²) in [6, 6.07) is 9.58. The van der Waals surface area contributed by atoms with Crippen LogP contribution in [0.15, 0.2) is 41.1 Å². The minimum atomic E-state index is 0.0547. The number of likely N-dealkylation sites (tertiary alicyclic amines) is 1. The molecule has 5 nitrogen and oxygen atoms in total. The van der Waals surface area contributed by atoms with Gasteiger partial charge >= 0.3 is 0 Å². The van der Waals surface area contributed by atoms with E-state index < -0.39 is 0 Å². The molecule has 2 amide bonds. The number of ether oxygens (including phenoxy) is 1. The Morgan fingerprint density at radius 2 is 2.22 bits per heavy atom. The number of hydrogen-bond donors (Lipinski definition) is 1. The van der Waals surface area contributed by atoms with E-state index >= 15 is 0 Å². The third kappa shape index (κ3) is 5.57. The number of nitrogens with zero attached hydrogens (tertiary/aromatic N) is 1. The van der Waals surface area contributed by atoms with E-state index in [0.29, 0.717) is 18.9 Å². The highest BCUT2D eigenvalue weighted by Gasteiger charge is 2.25. The third-order valence-corrected chi connectivity index (χ3v) is 5.66. The number of carbonyl (C=O) groups is 2. The van der Waals surface area contributed by atoms with Gasteiger partial charge in [0.2, 0.25) is 5.91 Å². The molecule has 1 aromatic carbocycles. The molecule has 1 aliphatic rings. The molecule has 0 spiro atoms. The van der Waals surface area contributed by atoms with Crippen molar-refractivity contribution >= 4 is 23.2 Å². The molecule has 27 heavy (non-hydrogen) atoms. The summed E-state index contributed by atoms with van der Waals surface area (Å²) in [7, 11) is 1.63. The summed E-state index contributed by atoms with van der Waals surface area (Å²) in [5.41, 5.74) is 1.80. The number of rotatable bonds is 7. The first-order valence-corrected chi connectivity index (χ1v) is 10.3. The van der Waals surface area contributed by atoms with Gasteiger partial charge in [0.1, 0.15) is 5.75 Å². The highest BCUT2D eigenvalue weighted by Crippen LogP contribution is 2.23. The summed E-state index contributed by atoms with van der Waals surface area (Å²) in [6.45, 7) is 2.06. The summed E-state index contributed by atoms with van der Waals surface area (Å²) >= 11 is 1.54. The fourth-order valence-electron chi connectivity index (χ4n) is 3.46. The smallest absolute Gasteiger partial charge is 0.254 e. The molecule has 1 atom stereocenters. The van der Waals surface area contributed by atoms with Crippen LogP contribution < -0.4 is 10.1 Å². The summed E-state index contributed by atoms with van der Waals surface area (Å²) in [6.07, 6.45) is 3.40. The van der Waals surface area contributed by atoms with Crippen molar-refractivity contribution in [1.82, 2.24) is 10.2 Å². The van der Waals surface area contributed by atoms with Crippen LogP contribution in [0.1, 0.15) is 41.6 Å². The van der Waals surface area contributed by atoms with Crippen LogP contribution in [0.25, 0.3) is 0 Å². The van der Waals surface area contributed by atoms with E-state index in [1.165, 1.54) is 0 Å². The predicted octanol–water partition coefficient (Wildman–Crippen LogP) is 3.71. The maximum absolute atomic E-state index is 12.5. The van der Waals surface area contributed by atoms with Gasteiger partial charge in [-0.05, 0) is 54.3 Å². The van der Waals surface area contributed by atoms with E-state index in [-0.39, 0.29) is 11.8 Å². The van der Waals surface area contributed by atoms with Gasteiger partial charge in [0.05, 0.1) is 12.7 Å². The first-order chi connectivity index (χ1) is 13.2. The molecule has 1 saturated heterocycles. The maximum Gasteiger partial charge on any atom is 0.254 e. The van der Waals surface area contributed by atoms with Crippen LogP contribution in [0.4, 0.5) is 0 Å². The second kappa shape index (κ2) is 9.55. The van der Waals surface area contributed by atoms with E-state index in [0.717, 1.165) is 49.2 Å². The Bertz CT molecular complexity index is 761. The number of methoxy groups -OCH3 is 1. The van der Waals surface area contributed by atoms with Crippen LogP contribution >= 0.6 is 11.3 Å². The second-order valence-corrected chi connectivity index (χ2v) is 7.72. The number of thiophene rings is 1. The van der Waals surface area contributed by atoms with Gasteiger partial charge in [-0.15, -0.1) is 0 Å². The van der Waals surface area contributed by atoms with Crippen molar-refractivity contribution < 1.29 is 14.3 Å². The quantitative estimate of drug-likeness (QED) is 0.789. The lowest BCUT2D eigenvalue weighted by molar-refractivity contribution is -0.121. The summed E-state index contributed by atoms with van der Waals surface area (Å²) in [4.78, 5) is 26.6. The lowest BCUT2D eigenvalue weighted by Gasteiger charge is -2.32. The van der Waals surface area contributed by atoms with Gasteiger partial charge in [-0.25, -0.2) is 0 Å². The van der Waals surface area contributed by atoms with Crippen LogP contribution in [-0.4, -0.2) is 36.9 Å². The Morgan fingerprint density at radius 1 is 1.33 bits per heavy atom. The zero-order chi connectivity index (χ0) is 19.1. The lowest BCUT2D eigenvalue weighted by atomic mass is 9.93. The largest absolute Gasteiger partial charge is 0.497 e. The van der Waals surface area contributed by atoms with Crippen LogP contribution in [0.2, 0.25) is 0 Å². The number of piperidine rings is 1. The molecule has 1 aromatic heterocycles. The molecule has 6 heteroatoms. The van der Waals surface area contributed by atoms with Gasteiger partial charge in [-0.1, -0.05) is 12.1 Å². The van der Waals surface area contributed by atoms with E-state index in [9.17, 15) is 9.59 Å². The van der Waals surface area contributed by atoms with E-state index in [4.69, 9.17) is 4.74 Å². The Morgan fingerprint density at radius 3 is 3.00 bits per heavy atom. The molecule has 0 aliphatic carbocycles. The highest BCUT2D eigenvalue weighted by atomic mass is 32.1. The van der Waals surface area contributed by atoms with Crippen molar-refractivity contribution in [1.29, 1.82) is 0 Å². The van der Waals surface area contributed by atoms with Crippen LogP contribution in [0.3, 0.4) is 0 Å². The number of carbonyl (C=O) groups excluding carboxylic acids is 2. The van der Waals surface area contributed by atoms with Gasteiger partial charge in [0.15, 0.2) is 0 Å². The summed E-state index contributed by atoms with van der Waals surface area (Å²) in [5.74, 6) is 1.35. The number of nitrogens with one attached hydrogen (secondary N) is 1. The first kappa shape index (κ1) is 19.4. The highest BCUT2D eigenvalue weighted by molar-refractivity contribution is 7.08. The fourth-order valence-corrected chi connectivity index (χ4v) is 4.09. The van der Waals surface area contributed by atoms with Gasteiger partial charge < -0.3 is 15.0 Å². The van der Waals surface area contributed by atoms with E-state index in [2.05, 4.69) is 5.32 Å². The van der Waals surface area contributed by atoms with E-state index in [1.54, 1.807) is 18.4 Å². The molecule has 2 aromatic rings. The molecule has 1 N–H and O–H groups in total. The van der Waals surface area contributed by atoms with Crippen molar-refractivity contribution in [2.24, 2.45) is 5.92 Å². The van der Waals surface area contributed by atoms with Gasteiger partial charge in [0, 0.05) is 31.4 Å². The molecule has 0 unspecified atom stereocenters. The maximum atomic E-state index is 12.5. The SMILES string of the molecule is COc1cccc(CNC(=O)CC[C@H]2CCCN(C(=O)c3ccsc3)C2)c1. The van der Waals surface area contributed by atoms with Gasteiger partial charge in [0.25, 0.3) is 5.91 Å². The monoisotopic (exact) mass is 386 g/mol. The van der Waals surface area contributed by atoms with Crippen molar-refractivity contribution in [2.75, 3.05) is 20.2 Å². The Hall–Kier alpha value is -2.34. The normalized spacial score (nSPS) is 16.8. The molecule has 0 radical (unpaired) electrons. The Kier molecular flexibility index (Phi) is 6.87. The molecular formula is C21H26N2O3S. The summed E-state index contributed by atoms with van der Waals surface area (Å²) in [5, 5.41) is 6.81. The van der Waals surface area contributed by atoms with Crippen molar-refractivity contribution in [2.45, 2.75) is 32.2 Å². The van der Waals surface area contributed by atoms with Crippen molar-refractivity contribution in [3.05, 3.63) is 52.2 Å². The molecule has 0 bridgehead atoms. The zero-order valence-electron chi connectivity index (χ0n) is 15.6. The number of hydrogen-bond acceptors (Lipinski definition) is 4. The van der Waals surface area contributed by atoms with Crippen LogP contribution in [0.5, 0.6) is 5.75 Å². The van der Waals surface area contributed by atoms with E-state index in [1.807, 2.05) is 46.0 Å². The standard InChI is InChI=1S/C21H26N2O3S/c1-26-19-6-2-4-17(12-19)13-22-20(24)8-7-16-5-3-10-23(14-16)21(25)18-9-11-27-15-18/h2,4,6,9,11-12,15-16H,3,5,7-8,10,13-14H2,1H3,(H,22,24)/t16-/m1/s1. The van der Waals surface area contributed by atoms with Gasteiger partial charge in [-0.3, -0.25) is 9.59 Å². The first-order valence-electron chi connectivity index (χ1n) is 9.37. The predicted molar refractivity (Wildman–Crippen MR) is 107 cm³/mol. The molecule has 0 saturated carbocycles. The van der Waals surface area contributed by atoms with Gasteiger partial charge in [-0.2, -0.15) is 11.3 Å². The topological polar surface area (TPSA) is 58.6 Å². The minimum Gasteiger partial charge on any atom is -0.497 e. The molecule has 144 valence electrons. The summed E-state index contributed by atoms with van der Waals surface area (Å²) < 4.78 is 5.20. The zero-order valence-corrected chi connectivity index (χ0v) is 16.5. The fraction of sp³-hybridized carbons (Fsp3) is 0.429. The Balaban J connectivity index is 1.42. The minimum absolute atomic E-state index is 0.0547. The van der Waals surface area contributed by atoms with Crippen LogP contribution in [0, 0.1) is 5.92 Å². The molecular weight excluding hydrogens is 360 g/mol.